The Balaban J connectivity index is 1.72. The second-order valence-corrected chi connectivity index (χ2v) is 7.27. The van der Waals surface area contributed by atoms with Crippen molar-refractivity contribution in [1.29, 1.82) is 0 Å². The maximum Gasteiger partial charge on any atom is 0.254 e. The molecule has 0 saturated carbocycles. The highest BCUT2D eigenvalue weighted by atomic mass is 16.5. The minimum atomic E-state index is -0.529. The van der Waals surface area contributed by atoms with E-state index in [0.717, 1.165) is 22.4 Å². The number of hydrogen-bond donors (Lipinski definition) is 1. The molecule has 30 heavy (non-hydrogen) atoms. The molecular weight excluding hydrogens is 378 g/mol. The molecule has 2 aromatic carbocycles. The third-order valence-electron chi connectivity index (χ3n) is 5.54. The first-order valence-electron chi connectivity index (χ1n) is 9.77. The van der Waals surface area contributed by atoms with E-state index < -0.39 is 12.0 Å². The Hall–Kier alpha value is -3.67. The van der Waals surface area contributed by atoms with Gasteiger partial charge in [0, 0.05) is 31.5 Å². The SMILES string of the molecule is COc1ccc([C@@H]2[C@H](C(=O)NCc3ccncc3)c3ccccc3C(=O)N2C)cc1. The molecule has 1 N–H and O–H groups in total. The van der Waals surface area contributed by atoms with Crippen LogP contribution in [0.2, 0.25) is 0 Å². The van der Waals surface area contributed by atoms with Gasteiger partial charge in [-0.15, -0.1) is 0 Å². The van der Waals surface area contributed by atoms with Gasteiger partial charge >= 0.3 is 0 Å². The lowest BCUT2D eigenvalue weighted by atomic mass is 9.79. The minimum Gasteiger partial charge on any atom is -0.497 e. The highest BCUT2D eigenvalue weighted by molar-refractivity contribution is 6.01. The first-order valence-corrected chi connectivity index (χ1v) is 9.77. The van der Waals surface area contributed by atoms with Crippen LogP contribution in [0.4, 0.5) is 0 Å². The highest BCUT2D eigenvalue weighted by Gasteiger charge is 2.42. The standard InChI is InChI=1S/C24H23N3O3/c1-27-22(17-7-9-18(30-2)10-8-17)21(19-5-3-4-6-20(19)24(27)29)23(28)26-15-16-11-13-25-14-12-16/h3-14,21-22H,15H2,1-2H3,(H,26,28)/t21-,22-/m1/s1. The van der Waals surface area contributed by atoms with Crippen molar-refractivity contribution in [2.24, 2.45) is 0 Å². The number of rotatable bonds is 5. The number of amides is 2. The molecule has 3 aromatic rings. The summed E-state index contributed by atoms with van der Waals surface area (Å²) in [5.41, 5.74) is 3.15. The van der Waals surface area contributed by atoms with Crippen molar-refractivity contribution in [1.82, 2.24) is 15.2 Å². The lowest BCUT2D eigenvalue weighted by molar-refractivity contribution is -0.124. The topological polar surface area (TPSA) is 71.5 Å². The molecule has 0 unspecified atom stereocenters. The molecule has 2 amide bonds. The van der Waals surface area contributed by atoms with E-state index in [1.54, 1.807) is 37.5 Å². The van der Waals surface area contributed by atoms with E-state index >= 15 is 0 Å². The number of carbonyl (C=O) groups is 2. The molecule has 152 valence electrons. The second-order valence-electron chi connectivity index (χ2n) is 7.27. The number of likely N-dealkylation sites (N-methyl/N-ethyl adjacent to an activating group) is 1. The maximum absolute atomic E-state index is 13.4. The minimum absolute atomic E-state index is 0.0930. The third-order valence-corrected chi connectivity index (χ3v) is 5.54. The van der Waals surface area contributed by atoms with Crippen molar-refractivity contribution in [3.63, 3.8) is 0 Å². The van der Waals surface area contributed by atoms with Crippen LogP contribution >= 0.6 is 0 Å². The fraction of sp³-hybridized carbons (Fsp3) is 0.208. The van der Waals surface area contributed by atoms with Gasteiger partial charge in [-0.05, 0) is 47.0 Å². The van der Waals surface area contributed by atoms with Gasteiger partial charge in [0.15, 0.2) is 0 Å². The number of ether oxygens (including phenoxy) is 1. The van der Waals surface area contributed by atoms with Crippen LogP contribution in [0, 0.1) is 0 Å². The lowest BCUT2D eigenvalue weighted by Crippen LogP contribution is -2.45. The van der Waals surface area contributed by atoms with Crippen molar-refractivity contribution in [3.8, 4) is 5.75 Å². The summed E-state index contributed by atoms with van der Waals surface area (Å²) in [4.78, 5) is 32.1. The van der Waals surface area contributed by atoms with Crippen LogP contribution < -0.4 is 10.1 Å². The Kier molecular flexibility index (Phi) is 5.48. The Labute approximate surface area is 175 Å². The predicted molar refractivity (Wildman–Crippen MR) is 113 cm³/mol. The van der Waals surface area contributed by atoms with Gasteiger partial charge in [-0.25, -0.2) is 0 Å². The van der Waals surface area contributed by atoms with Crippen LogP contribution in [0.5, 0.6) is 5.75 Å². The number of nitrogens with one attached hydrogen (secondary N) is 1. The predicted octanol–water partition coefficient (Wildman–Crippen LogP) is 3.32. The Morgan fingerprint density at radius 3 is 2.47 bits per heavy atom. The summed E-state index contributed by atoms with van der Waals surface area (Å²) in [7, 11) is 3.35. The molecule has 1 aromatic heterocycles. The summed E-state index contributed by atoms with van der Waals surface area (Å²) < 4.78 is 5.26. The summed E-state index contributed by atoms with van der Waals surface area (Å²) in [6, 6.07) is 18.2. The van der Waals surface area contributed by atoms with Gasteiger partial charge in [-0.1, -0.05) is 30.3 Å². The molecular formula is C24H23N3O3. The molecule has 0 fully saturated rings. The van der Waals surface area contributed by atoms with Crippen LogP contribution in [0.3, 0.4) is 0 Å². The summed E-state index contributed by atoms with van der Waals surface area (Å²) in [6.45, 7) is 0.396. The molecule has 4 rings (SSSR count). The number of nitrogens with zero attached hydrogens (tertiary/aromatic N) is 2. The fourth-order valence-electron chi connectivity index (χ4n) is 3.97. The van der Waals surface area contributed by atoms with E-state index in [4.69, 9.17) is 4.74 Å². The molecule has 6 heteroatoms. The normalized spacial score (nSPS) is 17.9. The van der Waals surface area contributed by atoms with E-state index in [-0.39, 0.29) is 11.8 Å². The molecule has 1 aliphatic heterocycles. The number of fused-ring (bicyclic) bond motifs is 1. The average molecular weight is 401 g/mol. The van der Waals surface area contributed by atoms with Gasteiger partial charge < -0.3 is 15.0 Å². The number of methoxy groups -OCH3 is 1. The van der Waals surface area contributed by atoms with E-state index in [9.17, 15) is 9.59 Å². The number of aromatic nitrogens is 1. The second kappa shape index (κ2) is 8.37. The Morgan fingerprint density at radius 1 is 1.07 bits per heavy atom. The van der Waals surface area contributed by atoms with Gasteiger partial charge in [0.2, 0.25) is 5.91 Å². The summed E-state index contributed by atoms with van der Waals surface area (Å²) in [5, 5.41) is 3.04. The average Bonchev–Trinajstić information content (AvgIpc) is 2.80. The largest absolute Gasteiger partial charge is 0.497 e. The van der Waals surface area contributed by atoms with E-state index in [0.29, 0.717) is 12.1 Å². The number of carbonyl (C=O) groups excluding carboxylic acids is 2. The molecule has 6 nitrogen and oxygen atoms in total. The van der Waals surface area contributed by atoms with Crippen LogP contribution in [-0.2, 0) is 11.3 Å². The first-order chi connectivity index (χ1) is 14.6. The van der Waals surface area contributed by atoms with Crippen LogP contribution in [0.1, 0.15) is 39.0 Å². The van der Waals surface area contributed by atoms with Gasteiger partial charge in [0.05, 0.1) is 19.1 Å². The first kappa shape index (κ1) is 19.6. The highest BCUT2D eigenvalue weighted by Crippen LogP contribution is 2.42. The quantitative estimate of drug-likeness (QED) is 0.712. The summed E-state index contributed by atoms with van der Waals surface area (Å²) >= 11 is 0. The van der Waals surface area contributed by atoms with Gasteiger partial charge in [-0.3, -0.25) is 14.6 Å². The zero-order valence-corrected chi connectivity index (χ0v) is 16.9. The van der Waals surface area contributed by atoms with Crippen molar-refractivity contribution in [2.75, 3.05) is 14.2 Å². The summed E-state index contributed by atoms with van der Waals surface area (Å²) in [5.74, 6) is -0.0224. The zero-order chi connectivity index (χ0) is 21.1. The number of hydrogen-bond acceptors (Lipinski definition) is 4. The lowest BCUT2D eigenvalue weighted by Gasteiger charge is -2.39. The van der Waals surface area contributed by atoms with Crippen molar-refractivity contribution >= 4 is 11.8 Å². The van der Waals surface area contributed by atoms with E-state index in [1.807, 2.05) is 54.6 Å². The smallest absolute Gasteiger partial charge is 0.254 e. The van der Waals surface area contributed by atoms with Gasteiger partial charge in [0.25, 0.3) is 5.91 Å². The van der Waals surface area contributed by atoms with E-state index in [1.165, 1.54) is 0 Å². The van der Waals surface area contributed by atoms with Crippen LogP contribution in [0.15, 0.2) is 73.1 Å². The summed E-state index contributed by atoms with van der Waals surface area (Å²) in [6.07, 6.45) is 3.40. The van der Waals surface area contributed by atoms with Crippen molar-refractivity contribution in [2.45, 2.75) is 18.5 Å². The number of pyridine rings is 1. The molecule has 0 saturated heterocycles. The third kappa shape index (κ3) is 3.64. The molecule has 2 atom stereocenters. The monoisotopic (exact) mass is 401 g/mol. The molecule has 0 radical (unpaired) electrons. The molecule has 0 aliphatic carbocycles. The van der Waals surface area contributed by atoms with Crippen LogP contribution in [-0.4, -0.2) is 35.9 Å². The Bertz CT molecular complexity index is 1050. The van der Waals surface area contributed by atoms with Gasteiger partial charge in [0.1, 0.15) is 5.75 Å². The molecule has 0 spiro atoms. The Morgan fingerprint density at radius 2 is 1.77 bits per heavy atom. The molecule has 2 heterocycles. The number of benzene rings is 2. The maximum atomic E-state index is 13.4. The van der Waals surface area contributed by atoms with Crippen molar-refractivity contribution < 1.29 is 14.3 Å². The zero-order valence-electron chi connectivity index (χ0n) is 16.9. The molecule has 0 bridgehead atoms. The van der Waals surface area contributed by atoms with E-state index in [2.05, 4.69) is 10.3 Å². The molecule has 1 aliphatic rings. The van der Waals surface area contributed by atoms with Gasteiger partial charge in [-0.2, -0.15) is 0 Å². The fourth-order valence-corrected chi connectivity index (χ4v) is 3.97. The van der Waals surface area contributed by atoms with Crippen LogP contribution in [0.25, 0.3) is 0 Å². The van der Waals surface area contributed by atoms with Crippen molar-refractivity contribution in [3.05, 3.63) is 95.3 Å².